The van der Waals surface area contributed by atoms with E-state index in [9.17, 15) is 4.79 Å². The highest BCUT2D eigenvalue weighted by Gasteiger charge is 2.13. The van der Waals surface area contributed by atoms with Gasteiger partial charge in [-0.05, 0) is 27.2 Å². The molecule has 1 aromatic heterocycles. The molecule has 1 amide bonds. The lowest BCUT2D eigenvalue weighted by Gasteiger charge is -2.18. The Kier molecular flexibility index (Phi) is 5.55. The average molecular weight is 250 g/mol. The monoisotopic (exact) mass is 250 g/mol. The predicted octanol–water partition coefficient (Wildman–Crippen LogP) is 2.17. The van der Waals surface area contributed by atoms with Crippen LogP contribution in [0.1, 0.15) is 44.5 Å². The number of amides is 1. The maximum Gasteiger partial charge on any atom is 0.256 e. The Morgan fingerprint density at radius 1 is 1.28 bits per heavy atom. The molecule has 0 radical (unpaired) electrons. The Labute approximate surface area is 109 Å². The SMILES string of the molecule is CCC(C)Nc1ncc(C(=O)N(CC)CC)cn1. The van der Waals surface area contributed by atoms with Gasteiger partial charge in [0.25, 0.3) is 5.91 Å². The van der Waals surface area contributed by atoms with Crippen LogP contribution in [0.2, 0.25) is 0 Å². The molecular formula is C13H22N4O. The van der Waals surface area contributed by atoms with E-state index in [-0.39, 0.29) is 5.91 Å². The first-order valence-corrected chi connectivity index (χ1v) is 6.50. The number of carbonyl (C=O) groups excluding carboxylic acids is 1. The molecule has 0 aliphatic carbocycles. The molecule has 0 aromatic carbocycles. The molecule has 0 bridgehead atoms. The molecule has 1 rings (SSSR count). The van der Waals surface area contributed by atoms with Gasteiger partial charge in [0.1, 0.15) is 0 Å². The zero-order chi connectivity index (χ0) is 13.5. The van der Waals surface area contributed by atoms with Crippen molar-refractivity contribution in [3.63, 3.8) is 0 Å². The van der Waals surface area contributed by atoms with Gasteiger partial charge in [-0.2, -0.15) is 0 Å². The van der Waals surface area contributed by atoms with Crippen LogP contribution < -0.4 is 5.32 Å². The molecule has 1 N–H and O–H groups in total. The number of anilines is 1. The van der Waals surface area contributed by atoms with Crippen LogP contribution in [-0.4, -0.2) is 39.9 Å². The van der Waals surface area contributed by atoms with Gasteiger partial charge in [-0.15, -0.1) is 0 Å². The molecule has 0 fully saturated rings. The normalized spacial score (nSPS) is 12.0. The van der Waals surface area contributed by atoms with Crippen molar-refractivity contribution < 1.29 is 4.79 Å². The van der Waals surface area contributed by atoms with Crippen molar-refractivity contribution in [2.45, 2.75) is 40.2 Å². The van der Waals surface area contributed by atoms with Gasteiger partial charge in [-0.25, -0.2) is 9.97 Å². The van der Waals surface area contributed by atoms with Gasteiger partial charge in [0.05, 0.1) is 5.56 Å². The van der Waals surface area contributed by atoms with Gasteiger partial charge in [0, 0.05) is 31.5 Å². The third kappa shape index (κ3) is 3.68. The fraction of sp³-hybridized carbons (Fsp3) is 0.615. The number of aromatic nitrogens is 2. The van der Waals surface area contributed by atoms with E-state index < -0.39 is 0 Å². The van der Waals surface area contributed by atoms with Crippen LogP contribution >= 0.6 is 0 Å². The number of nitrogens with one attached hydrogen (secondary N) is 1. The van der Waals surface area contributed by atoms with Crippen LogP contribution in [0.15, 0.2) is 12.4 Å². The Bertz CT molecular complexity index is 373. The maximum atomic E-state index is 12.0. The third-order valence-electron chi connectivity index (χ3n) is 2.94. The summed E-state index contributed by atoms with van der Waals surface area (Å²) in [7, 11) is 0. The lowest BCUT2D eigenvalue weighted by atomic mass is 10.2. The zero-order valence-electron chi connectivity index (χ0n) is 11.6. The third-order valence-corrected chi connectivity index (χ3v) is 2.94. The first kappa shape index (κ1) is 14.4. The number of hydrogen-bond acceptors (Lipinski definition) is 4. The smallest absolute Gasteiger partial charge is 0.256 e. The molecule has 0 aliphatic rings. The molecule has 5 heteroatoms. The van der Waals surface area contributed by atoms with Crippen LogP contribution in [0.4, 0.5) is 5.95 Å². The first-order chi connectivity index (χ1) is 8.62. The van der Waals surface area contributed by atoms with E-state index in [0.717, 1.165) is 6.42 Å². The summed E-state index contributed by atoms with van der Waals surface area (Å²) in [4.78, 5) is 22.1. The highest BCUT2D eigenvalue weighted by atomic mass is 16.2. The summed E-state index contributed by atoms with van der Waals surface area (Å²) >= 11 is 0. The van der Waals surface area contributed by atoms with Crippen LogP contribution in [0, 0.1) is 0 Å². The topological polar surface area (TPSA) is 58.1 Å². The first-order valence-electron chi connectivity index (χ1n) is 6.50. The minimum Gasteiger partial charge on any atom is -0.352 e. The molecule has 0 saturated heterocycles. The van der Waals surface area contributed by atoms with E-state index in [2.05, 4.69) is 29.1 Å². The van der Waals surface area contributed by atoms with Crippen molar-refractivity contribution >= 4 is 11.9 Å². The molecule has 1 unspecified atom stereocenters. The summed E-state index contributed by atoms with van der Waals surface area (Å²) in [5, 5.41) is 3.17. The Morgan fingerprint density at radius 3 is 2.28 bits per heavy atom. The van der Waals surface area contributed by atoms with Gasteiger partial charge >= 0.3 is 0 Å². The minimum absolute atomic E-state index is 0.0184. The summed E-state index contributed by atoms with van der Waals surface area (Å²) in [5.74, 6) is 0.551. The predicted molar refractivity (Wildman–Crippen MR) is 72.7 cm³/mol. The summed E-state index contributed by atoms with van der Waals surface area (Å²) in [6.45, 7) is 9.47. The lowest BCUT2D eigenvalue weighted by Crippen LogP contribution is -2.30. The number of rotatable bonds is 6. The summed E-state index contributed by atoms with van der Waals surface area (Å²) < 4.78 is 0. The molecule has 100 valence electrons. The molecule has 0 saturated carbocycles. The molecule has 0 spiro atoms. The maximum absolute atomic E-state index is 12.0. The van der Waals surface area contributed by atoms with Crippen molar-refractivity contribution in [1.82, 2.24) is 14.9 Å². The van der Waals surface area contributed by atoms with Crippen LogP contribution in [0.3, 0.4) is 0 Å². The Balaban J connectivity index is 2.73. The van der Waals surface area contributed by atoms with Crippen molar-refractivity contribution in [2.24, 2.45) is 0 Å². The van der Waals surface area contributed by atoms with E-state index in [1.54, 1.807) is 17.3 Å². The summed E-state index contributed by atoms with van der Waals surface area (Å²) in [5.41, 5.74) is 0.536. The van der Waals surface area contributed by atoms with E-state index in [1.165, 1.54) is 0 Å². The summed E-state index contributed by atoms with van der Waals surface area (Å²) in [6.07, 6.45) is 4.17. The van der Waals surface area contributed by atoms with E-state index in [1.807, 2.05) is 13.8 Å². The van der Waals surface area contributed by atoms with Gasteiger partial charge in [-0.1, -0.05) is 6.92 Å². The molecule has 1 heterocycles. The fourth-order valence-electron chi connectivity index (χ4n) is 1.53. The highest BCUT2D eigenvalue weighted by Crippen LogP contribution is 2.06. The second kappa shape index (κ2) is 6.93. The van der Waals surface area contributed by atoms with Crippen LogP contribution in [0.25, 0.3) is 0 Å². The molecule has 1 aromatic rings. The van der Waals surface area contributed by atoms with Crippen molar-refractivity contribution in [2.75, 3.05) is 18.4 Å². The van der Waals surface area contributed by atoms with Gasteiger partial charge in [-0.3, -0.25) is 4.79 Å². The quantitative estimate of drug-likeness (QED) is 0.840. The Hall–Kier alpha value is -1.65. The average Bonchev–Trinajstić information content (AvgIpc) is 2.40. The second-order valence-corrected chi connectivity index (χ2v) is 4.23. The number of nitrogens with zero attached hydrogens (tertiary/aromatic N) is 3. The fourth-order valence-corrected chi connectivity index (χ4v) is 1.53. The van der Waals surface area contributed by atoms with Crippen LogP contribution in [0.5, 0.6) is 0 Å². The van der Waals surface area contributed by atoms with Crippen molar-refractivity contribution in [3.8, 4) is 0 Å². The van der Waals surface area contributed by atoms with Crippen LogP contribution in [-0.2, 0) is 0 Å². The largest absolute Gasteiger partial charge is 0.352 e. The summed E-state index contributed by atoms with van der Waals surface area (Å²) in [6, 6.07) is 0.328. The second-order valence-electron chi connectivity index (χ2n) is 4.23. The van der Waals surface area contributed by atoms with Gasteiger partial charge < -0.3 is 10.2 Å². The van der Waals surface area contributed by atoms with E-state index in [0.29, 0.717) is 30.6 Å². The van der Waals surface area contributed by atoms with Gasteiger partial charge in [0.2, 0.25) is 5.95 Å². The number of hydrogen-bond donors (Lipinski definition) is 1. The highest BCUT2D eigenvalue weighted by molar-refractivity contribution is 5.93. The molecular weight excluding hydrogens is 228 g/mol. The molecule has 0 aliphatic heterocycles. The Morgan fingerprint density at radius 2 is 1.83 bits per heavy atom. The van der Waals surface area contributed by atoms with Gasteiger partial charge in [0.15, 0.2) is 0 Å². The molecule has 1 atom stereocenters. The number of carbonyl (C=O) groups is 1. The zero-order valence-corrected chi connectivity index (χ0v) is 11.6. The minimum atomic E-state index is -0.0184. The van der Waals surface area contributed by atoms with Crippen molar-refractivity contribution in [3.05, 3.63) is 18.0 Å². The van der Waals surface area contributed by atoms with E-state index >= 15 is 0 Å². The molecule has 5 nitrogen and oxygen atoms in total. The molecule has 18 heavy (non-hydrogen) atoms. The lowest BCUT2D eigenvalue weighted by molar-refractivity contribution is 0.0772. The standard InChI is InChI=1S/C13H22N4O/c1-5-10(4)16-13-14-8-11(9-15-13)12(18)17(6-2)7-3/h8-10H,5-7H2,1-4H3,(H,14,15,16). The van der Waals surface area contributed by atoms with Crippen molar-refractivity contribution in [1.29, 1.82) is 0 Å². The van der Waals surface area contributed by atoms with E-state index in [4.69, 9.17) is 0 Å².